The lowest BCUT2D eigenvalue weighted by Gasteiger charge is -2.13. The lowest BCUT2D eigenvalue weighted by atomic mass is 10.2. The third kappa shape index (κ3) is 4.47. The molecule has 0 spiro atoms. The number of aromatic nitrogens is 2. The number of halogens is 1. The van der Waals surface area contributed by atoms with Gasteiger partial charge in [-0.1, -0.05) is 18.2 Å². The lowest BCUT2D eigenvalue weighted by Crippen LogP contribution is -2.37. The quantitative estimate of drug-likeness (QED) is 0.578. The second-order valence-electron chi connectivity index (χ2n) is 7.04. The molecule has 1 aromatic heterocycles. The molecule has 1 fully saturated rings. The van der Waals surface area contributed by atoms with Gasteiger partial charge in [0.05, 0.1) is 10.6 Å². The number of hydrogen-bond donors (Lipinski definition) is 1. The third-order valence-corrected chi connectivity index (χ3v) is 5.80. The highest BCUT2D eigenvalue weighted by molar-refractivity contribution is 8.18. The van der Waals surface area contributed by atoms with Crippen LogP contribution in [-0.4, -0.2) is 44.8 Å². The van der Waals surface area contributed by atoms with Gasteiger partial charge in [-0.15, -0.1) is 0 Å². The van der Waals surface area contributed by atoms with Gasteiger partial charge >= 0.3 is 0 Å². The van der Waals surface area contributed by atoms with E-state index in [2.05, 4.69) is 10.4 Å². The van der Waals surface area contributed by atoms with Gasteiger partial charge in [-0.25, -0.2) is 9.07 Å². The molecular weight excluding hydrogens is 431 g/mol. The van der Waals surface area contributed by atoms with Gasteiger partial charge in [-0.05, 0) is 61.2 Å². The number of benzene rings is 2. The van der Waals surface area contributed by atoms with Crippen molar-refractivity contribution in [1.82, 2.24) is 20.0 Å². The van der Waals surface area contributed by atoms with E-state index in [4.69, 9.17) is 0 Å². The van der Waals surface area contributed by atoms with E-state index in [1.54, 1.807) is 47.3 Å². The Hall–Kier alpha value is -3.72. The Morgan fingerprint density at radius 2 is 1.88 bits per heavy atom. The van der Waals surface area contributed by atoms with E-state index < -0.39 is 17.0 Å². The van der Waals surface area contributed by atoms with Gasteiger partial charge in [0.25, 0.3) is 17.1 Å². The van der Waals surface area contributed by atoms with Crippen LogP contribution in [0, 0.1) is 12.7 Å². The Kier molecular flexibility index (Phi) is 6.18. The number of rotatable bonds is 6. The first-order valence-corrected chi connectivity index (χ1v) is 10.6. The van der Waals surface area contributed by atoms with Crippen LogP contribution in [0.4, 0.5) is 9.18 Å². The van der Waals surface area contributed by atoms with E-state index in [1.807, 2.05) is 13.0 Å². The highest BCUT2D eigenvalue weighted by Crippen LogP contribution is 2.32. The van der Waals surface area contributed by atoms with Crippen LogP contribution < -0.4 is 5.32 Å². The van der Waals surface area contributed by atoms with Gasteiger partial charge in [0, 0.05) is 36.1 Å². The van der Waals surface area contributed by atoms with Crippen LogP contribution in [0.2, 0.25) is 0 Å². The third-order valence-electron chi connectivity index (χ3n) is 4.89. The SMILES string of the molecule is Cc1ccnn1-c1ccc(C(=O)NCCN2C(=O)S/C(=C\c3ccccc3F)C2=O)cc1. The summed E-state index contributed by atoms with van der Waals surface area (Å²) in [6, 6.07) is 14.8. The van der Waals surface area contributed by atoms with Crippen molar-refractivity contribution in [1.29, 1.82) is 0 Å². The number of carbonyl (C=O) groups excluding carboxylic acids is 3. The number of imide groups is 1. The summed E-state index contributed by atoms with van der Waals surface area (Å²) in [5.41, 5.74) is 2.50. The standard InChI is InChI=1S/C23H19FN4O3S/c1-15-10-11-26-28(15)18-8-6-16(7-9-18)21(29)25-12-13-27-22(30)20(32-23(27)31)14-17-4-2-3-5-19(17)24/h2-11,14H,12-13H2,1H3,(H,25,29)/b20-14-. The molecule has 32 heavy (non-hydrogen) atoms. The average molecular weight is 450 g/mol. The van der Waals surface area contributed by atoms with Crippen molar-refractivity contribution in [2.24, 2.45) is 0 Å². The van der Waals surface area contributed by atoms with E-state index in [9.17, 15) is 18.8 Å². The fourth-order valence-corrected chi connectivity index (χ4v) is 4.06. The topological polar surface area (TPSA) is 84.3 Å². The van der Waals surface area contributed by atoms with Crippen LogP contribution >= 0.6 is 11.8 Å². The Balaban J connectivity index is 1.34. The summed E-state index contributed by atoms with van der Waals surface area (Å²) < 4.78 is 15.6. The smallest absolute Gasteiger partial charge is 0.293 e. The minimum absolute atomic E-state index is 0.0234. The zero-order valence-corrected chi connectivity index (χ0v) is 17.9. The largest absolute Gasteiger partial charge is 0.350 e. The van der Waals surface area contributed by atoms with Gasteiger partial charge < -0.3 is 5.32 Å². The average Bonchev–Trinajstić information content (AvgIpc) is 3.33. The van der Waals surface area contributed by atoms with Gasteiger partial charge in [-0.3, -0.25) is 19.3 Å². The van der Waals surface area contributed by atoms with E-state index >= 15 is 0 Å². The molecule has 1 aliphatic rings. The van der Waals surface area contributed by atoms with Crippen molar-refractivity contribution in [2.45, 2.75) is 6.92 Å². The minimum Gasteiger partial charge on any atom is -0.350 e. The van der Waals surface area contributed by atoms with Crippen LogP contribution in [0.1, 0.15) is 21.6 Å². The second-order valence-corrected chi connectivity index (χ2v) is 8.04. The molecule has 1 aliphatic heterocycles. The van der Waals surface area contributed by atoms with Gasteiger partial charge in [0.2, 0.25) is 0 Å². The molecule has 3 aromatic rings. The molecule has 0 atom stereocenters. The first-order valence-electron chi connectivity index (χ1n) is 9.83. The maximum absolute atomic E-state index is 13.8. The molecular formula is C23H19FN4O3S. The number of carbonyl (C=O) groups is 3. The second kappa shape index (κ2) is 9.19. The Labute approximate surface area is 187 Å². The zero-order chi connectivity index (χ0) is 22.7. The number of amides is 3. The van der Waals surface area contributed by atoms with E-state index in [-0.39, 0.29) is 29.5 Å². The summed E-state index contributed by atoms with van der Waals surface area (Å²) >= 11 is 0.753. The lowest BCUT2D eigenvalue weighted by molar-refractivity contribution is -0.122. The van der Waals surface area contributed by atoms with E-state index in [1.165, 1.54) is 18.2 Å². The normalized spacial score (nSPS) is 14.9. The number of hydrogen-bond acceptors (Lipinski definition) is 5. The molecule has 9 heteroatoms. The van der Waals surface area contributed by atoms with E-state index in [0.29, 0.717) is 5.56 Å². The molecule has 2 aromatic carbocycles. The minimum atomic E-state index is -0.503. The maximum atomic E-state index is 13.8. The summed E-state index contributed by atoms with van der Waals surface area (Å²) in [5.74, 6) is -1.29. The van der Waals surface area contributed by atoms with Gasteiger partial charge in [-0.2, -0.15) is 5.10 Å². The van der Waals surface area contributed by atoms with Crippen LogP contribution in [0.25, 0.3) is 11.8 Å². The molecule has 0 aliphatic carbocycles. The molecule has 0 unspecified atom stereocenters. The van der Waals surface area contributed by atoms with Crippen LogP contribution in [0.15, 0.2) is 65.7 Å². The fourth-order valence-electron chi connectivity index (χ4n) is 3.20. The number of nitrogens with one attached hydrogen (secondary N) is 1. The molecule has 2 heterocycles. The molecule has 0 saturated carbocycles. The molecule has 1 saturated heterocycles. The number of thioether (sulfide) groups is 1. The first kappa shape index (κ1) is 21.5. The summed E-state index contributed by atoms with van der Waals surface area (Å²) in [7, 11) is 0. The van der Waals surface area contributed by atoms with Crippen molar-refractivity contribution in [3.8, 4) is 5.69 Å². The number of aryl methyl sites for hydroxylation is 1. The molecule has 1 N–H and O–H groups in total. The molecule has 4 rings (SSSR count). The molecule has 7 nitrogen and oxygen atoms in total. The summed E-state index contributed by atoms with van der Waals surface area (Å²) in [6.45, 7) is 2.06. The maximum Gasteiger partial charge on any atom is 0.293 e. The summed E-state index contributed by atoms with van der Waals surface area (Å²) in [6.07, 6.45) is 3.06. The summed E-state index contributed by atoms with van der Waals surface area (Å²) in [5, 5.41) is 6.48. The Morgan fingerprint density at radius 3 is 2.56 bits per heavy atom. The highest BCUT2D eigenvalue weighted by atomic mass is 32.2. The first-order chi connectivity index (χ1) is 15.4. The fraction of sp³-hybridized carbons (Fsp3) is 0.130. The van der Waals surface area contributed by atoms with Crippen molar-refractivity contribution in [3.05, 3.63) is 88.3 Å². The monoisotopic (exact) mass is 450 g/mol. The zero-order valence-electron chi connectivity index (χ0n) is 17.1. The van der Waals surface area contributed by atoms with Crippen LogP contribution in [0.5, 0.6) is 0 Å². The van der Waals surface area contributed by atoms with Crippen molar-refractivity contribution in [3.63, 3.8) is 0 Å². The Morgan fingerprint density at radius 1 is 1.12 bits per heavy atom. The predicted molar refractivity (Wildman–Crippen MR) is 120 cm³/mol. The van der Waals surface area contributed by atoms with E-state index in [0.717, 1.165) is 28.0 Å². The molecule has 3 amide bonds. The van der Waals surface area contributed by atoms with Crippen LogP contribution in [0.3, 0.4) is 0 Å². The number of nitrogens with zero attached hydrogens (tertiary/aromatic N) is 3. The molecule has 0 radical (unpaired) electrons. The predicted octanol–water partition coefficient (Wildman–Crippen LogP) is 3.79. The molecule has 0 bridgehead atoms. The van der Waals surface area contributed by atoms with Crippen molar-refractivity contribution >= 4 is 34.9 Å². The van der Waals surface area contributed by atoms with Crippen molar-refractivity contribution < 1.29 is 18.8 Å². The Bertz CT molecular complexity index is 1220. The summed E-state index contributed by atoms with van der Waals surface area (Å²) in [4.78, 5) is 38.3. The van der Waals surface area contributed by atoms with Crippen LogP contribution in [-0.2, 0) is 4.79 Å². The molecule has 162 valence electrons. The highest BCUT2D eigenvalue weighted by Gasteiger charge is 2.34. The van der Waals surface area contributed by atoms with Crippen molar-refractivity contribution in [2.75, 3.05) is 13.1 Å². The van der Waals surface area contributed by atoms with Gasteiger partial charge in [0.15, 0.2) is 0 Å². The van der Waals surface area contributed by atoms with Gasteiger partial charge in [0.1, 0.15) is 5.82 Å².